The van der Waals surface area contributed by atoms with Gasteiger partial charge in [-0.2, -0.15) is 5.26 Å². The van der Waals surface area contributed by atoms with E-state index < -0.39 is 48.8 Å². The van der Waals surface area contributed by atoms with Crippen molar-refractivity contribution in [3.63, 3.8) is 0 Å². The highest BCUT2D eigenvalue weighted by atomic mass is 19.3. The summed E-state index contributed by atoms with van der Waals surface area (Å²) in [4.78, 5) is 56.4. The number of nitrogens with one attached hydrogen (secondary N) is 9. The molecule has 4 aliphatic heterocycles. The fraction of sp³-hybridized carbons (Fsp3) is 0.702. The molecule has 0 unspecified atom stereocenters. The summed E-state index contributed by atoms with van der Waals surface area (Å²) in [6.45, 7) is 13.7. The second kappa shape index (κ2) is 29.5. The monoisotopic (exact) mass is 973 g/mol. The van der Waals surface area contributed by atoms with Crippen LogP contribution in [0, 0.1) is 16.7 Å². The molecule has 9 N–H and O–H groups in total. The number of nitrogens with zero attached hydrogens (tertiary/aromatic N) is 3. The number of carbonyl (C=O) groups is 4. The van der Waals surface area contributed by atoms with Crippen molar-refractivity contribution in [2.45, 2.75) is 63.0 Å². The third-order valence-electron chi connectivity index (χ3n) is 12.0. The van der Waals surface area contributed by atoms with Gasteiger partial charge in [0.05, 0.1) is 68.8 Å². The molecule has 384 valence electrons. The lowest BCUT2D eigenvalue weighted by Gasteiger charge is -2.37. The zero-order valence-corrected chi connectivity index (χ0v) is 40.1. The van der Waals surface area contributed by atoms with Crippen LogP contribution < -0.4 is 52.6 Å². The van der Waals surface area contributed by atoms with Crippen LogP contribution in [0.4, 0.5) is 8.78 Å². The maximum absolute atomic E-state index is 13.8. The predicted octanol–water partition coefficient (Wildman–Crippen LogP) is -0.354. The topological polar surface area (TPSA) is 253 Å². The van der Waals surface area contributed by atoms with E-state index >= 15 is 0 Å². The Morgan fingerprint density at radius 3 is 1.96 bits per heavy atom. The molecule has 6 rings (SSSR count). The Labute approximate surface area is 404 Å². The van der Waals surface area contributed by atoms with Crippen LogP contribution in [-0.4, -0.2) is 195 Å². The normalized spacial score (nSPS) is 22.5. The van der Waals surface area contributed by atoms with E-state index in [0.717, 1.165) is 63.8 Å². The zero-order valence-electron chi connectivity index (χ0n) is 40.1. The highest BCUT2D eigenvalue weighted by Crippen LogP contribution is 2.31. The number of pyridine rings is 1. The maximum atomic E-state index is 13.8. The van der Waals surface area contributed by atoms with Crippen LogP contribution in [0.3, 0.4) is 0 Å². The number of fused-ring (bicyclic) bond motifs is 16. The first kappa shape index (κ1) is 55.2. The molecule has 69 heavy (non-hydrogen) atoms. The van der Waals surface area contributed by atoms with Crippen molar-refractivity contribution in [1.82, 2.24) is 57.7 Å². The van der Waals surface area contributed by atoms with Gasteiger partial charge in [0.2, 0.25) is 17.7 Å². The molecule has 1 aromatic heterocycles. The molecule has 0 radical (unpaired) electrons. The Balaban J connectivity index is 0.859. The summed E-state index contributed by atoms with van der Waals surface area (Å²) >= 11 is 0. The Kier molecular flexibility index (Phi) is 23.6. The van der Waals surface area contributed by atoms with Gasteiger partial charge in [-0.15, -0.1) is 0 Å². The molecule has 0 aliphatic carbocycles. The third kappa shape index (κ3) is 19.9. The largest absolute Gasteiger partial charge is 0.493 e. The second-order valence-corrected chi connectivity index (χ2v) is 18.2. The highest BCUT2D eigenvalue weighted by molar-refractivity contribution is 6.07. The number of ether oxygens (including phenoxy) is 4. The lowest BCUT2D eigenvalue weighted by molar-refractivity contribution is -0.131. The summed E-state index contributed by atoms with van der Waals surface area (Å²) < 4.78 is 50.3. The smallest absolute Gasteiger partial charge is 0.268 e. The molecule has 0 spiro atoms. The molecule has 4 saturated heterocycles. The predicted molar refractivity (Wildman–Crippen MR) is 255 cm³/mol. The summed E-state index contributed by atoms with van der Waals surface area (Å²) in [5, 5.41) is 39.8. The van der Waals surface area contributed by atoms with Crippen LogP contribution >= 0.6 is 0 Å². The number of nitriles is 1. The van der Waals surface area contributed by atoms with Gasteiger partial charge in [-0.25, -0.2) is 8.78 Å². The molecule has 1 aromatic carbocycles. The molecular formula is C47H74F2N12O8. The molecule has 20 nitrogen and oxygen atoms in total. The summed E-state index contributed by atoms with van der Waals surface area (Å²) in [7, 11) is 0. The minimum absolute atomic E-state index is 0.0698. The van der Waals surface area contributed by atoms with Crippen LogP contribution in [0.25, 0.3) is 10.9 Å². The van der Waals surface area contributed by atoms with E-state index in [1.165, 1.54) is 12.3 Å². The first-order valence-corrected chi connectivity index (χ1v) is 24.3. The number of benzene rings is 1. The summed E-state index contributed by atoms with van der Waals surface area (Å²) in [5.41, 5.74) is 0.334. The van der Waals surface area contributed by atoms with E-state index in [0.29, 0.717) is 108 Å². The molecular weight excluding hydrogens is 899 g/mol. The van der Waals surface area contributed by atoms with Crippen LogP contribution in [0.1, 0.15) is 55.8 Å². The minimum atomic E-state index is -3.15. The summed E-state index contributed by atoms with van der Waals surface area (Å²) in [6, 6.07) is 7.07. The Morgan fingerprint density at radius 1 is 0.754 bits per heavy atom. The van der Waals surface area contributed by atoms with Gasteiger partial charge in [0.15, 0.2) is 0 Å². The van der Waals surface area contributed by atoms with Crippen LogP contribution in [-0.2, 0) is 28.6 Å². The van der Waals surface area contributed by atoms with Crippen LogP contribution in [0.15, 0.2) is 30.5 Å². The van der Waals surface area contributed by atoms with E-state index in [9.17, 15) is 33.2 Å². The number of hydrogen-bond donors (Lipinski definition) is 9. The molecule has 4 aliphatic rings. The Bertz CT molecular complexity index is 1920. The average molecular weight is 973 g/mol. The van der Waals surface area contributed by atoms with Gasteiger partial charge >= 0.3 is 0 Å². The van der Waals surface area contributed by atoms with E-state index in [4.69, 9.17) is 18.9 Å². The molecule has 0 saturated carbocycles. The number of amides is 4. The number of hydrogen-bond acceptors (Lipinski definition) is 16. The molecule has 1 atom stereocenters. The van der Waals surface area contributed by atoms with E-state index in [2.05, 4.69) is 59.8 Å². The standard InChI is InChI=1S/C47H74F2N12O8/c1-45-29-51-12-15-54-32-46(33-55-16-13-52-30-45,34-56-17-14-53-31-45)60-42(63)6-2-5-41(62)58-10-3-18-66-21-23-68-24-22-67-19-4-20-69-37-7-8-40-39(25-37)38(9-11-57-40)44(65)59-28-43(64)61-35-47(48,49)26-36(61)27-50/h7-9,11,25,36,51-56H,2-6,10,12-24,26,28-35H2,1H3,(H,58,62)(H,59,65)(H,60,63)/t36-,45?,46?/m0/s1. The number of rotatable bonds is 23. The van der Waals surface area contributed by atoms with Crippen molar-refractivity contribution >= 4 is 34.5 Å². The van der Waals surface area contributed by atoms with Gasteiger partial charge < -0.3 is 71.7 Å². The van der Waals surface area contributed by atoms with Crippen molar-refractivity contribution < 1.29 is 46.9 Å². The van der Waals surface area contributed by atoms with Crippen molar-refractivity contribution in [1.29, 1.82) is 5.26 Å². The minimum Gasteiger partial charge on any atom is -0.493 e. The lowest BCUT2D eigenvalue weighted by atomic mass is 9.90. The maximum Gasteiger partial charge on any atom is 0.268 e. The van der Waals surface area contributed by atoms with Crippen molar-refractivity contribution in [3.8, 4) is 11.8 Å². The fourth-order valence-electron chi connectivity index (χ4n) is 8.30. The molecule has 22 heteroatoms. The van der Waals surface area contributed by atoms with Crippen molar-refractivity contribution in [2.24, 2.45) is 5.41 Å². The zero-order chi connectivity index (χ0) is 49.2. The number of halogens is 2. The highest BCUT2D eigenvalue weighted by Gasteiger charge is 2.47. The molecule has 2 aromatic rings. The van der Waals surface area contributed by atoms with Crippen molar-refractivity contribution in [2.75, 3.05) is 144 Å². The van der Waals surface area contributed by atoms with Gasteiger partial charge in [0.1, 0.15) is 11.8 Å². The molecule has 5 heterocycles. The quantitative estimate of drug-likeness (QED) is 0.0646. The second-order valence-electron chi connectivity index (χ2n) is 18.2. The number of aromatic nitrogens is 1. The van der Waals surface area contributed by atoms with Gasteiger partial charge in [-0.3, -0.25) is 24.2 Å². The number of carbonyl (C=O) groups excluding carboxylic acids is 4. The lowest BCUT2D eigenvalue weighted by Crippen LogP contribution is -2.66. The van der Waals surface area contributed by atoms with Crippen molar-refractivity contribution in [3.05, 3.63) is 36.0 Å². The number of alkyl halides is 2. The fourth-order valence-corrected chi connectivity index (χ4v) is 8.30. The Hall–Kier alpha value is -4.70. The van der Waals surface area contributed by atoms with Gasteiger partial charge in [0, 0.05) is 141 Å². The SMILES string of the molecule is CC12CNCCNCC(NC(=O)CCCC(=O)NCCCOCCOCCOCCCOc3ccc4nccc(C(=O)NCC(=O)N5CC(F)(F)C[C@H]5C#N)c4c3)(CNCCNC1)CNCCNC2. The summed E-state index contributed by atoms with van der Waals surface area (Å²) in [6.07, 6.45) is 2.95. The first-order valence-electron chi connectivity index (χ1n) is 24.3. The van der Waals surface area contributed by atoms with E-state index in [1.54, 1.807) is 24.3 Å². The van der Waals surface area contributed by atoms with E-state index in [-0.39, 0.29) is 35.6 Å². The van der Waals surface area contributed by atoms with Crippen LogP contribution in [0.2, 0.25) is 0 Å². The van der Waals surface area contributed by atoms with Gasteiger partial charge in [0.25, 0.3) is 11.8 Å². The van der Waals surface area contributed by atoms with Crippen LogP contribution in [0.5, 0.6) is 5.75 Å². The molecule has 2 bridgehead atoms. The van der Waals surface area contributed by atoms with Gasteiger partial charge in [-0.1, -0.05) is 6.92 Å². The number of likely N-dealkylation sites (tertiary alicyclic amines) is 1. The Morgan fingerprint density at radius 2 is 1.33 bits per heavy atom. The molecule has 4 fully saturated rings. The average Bonchev–Trinajstić information content (AvgIpc) is 3.66. The third-order valence-corrected chi connectivity index (χ3v) is 12.0. The summed E-state index contributed by atoms with van der Waals surface area (Å²) in [5.74, 6) is -4.16. The van der Waals surface area contributed by atoms with E-state index in [1.807, 2.05) is 0 Å². The molecule has 4 amide bonds. The first-order chi connectivity index (χ1) is 33.4. The van der Waals surface area contributed by atoms with Gasteiger partial charge in [-0.05, 0) is 37.1 Å².